The molecule has 0 atom stereocenters. The van der Waals surface area contributed by atoms with E-state index in [1.807, 2.05) is 24.3 Å². The van der Waals surface area contributed by atoms with Gasteiger partial charge in [0.25, 0.3) is 0 Å². The Morgan fingerprint density at radius 2 is 2.05 bits per heavy atom. The average Bonchev–Trinajstić information content (AvgIpc) is 2.75. The molecule has 1 aliphatic rings. The van der Waals surface area contributed by atoms with Gasteiger partial charge in [0.05, 0.1) is 0 Å². The van der Waals surface area contributed by atoms with Crippen LogP contribution in [0.1, 0.15) is 6.42 Å². The summed E-state index contributed by atoms with van der Waals surface area (Å²) in [5.41, 5.74) is 1.04. The molecule has 1 fully saturated rings. The van der Waals surface area contributed by atoms with Crippen molar-refractivity contribution in [3.8, 4) is 11.4 Å². The fourth-order valence-electron chi connectivity index (χ4n) is 2.21. The molecule has 0 bridgehead atoms. The summed E-state index contributed by atoms with van der Waals surface area (Å²) < 4.78 is 1.02. The molecule has 0 saturated carbocycles. The molecule has 0 aliphatic carbocycles. The molecule has 2 heterocycles. The summed E-state index contributed by atoms with van der Waals surface area (Å²) in [4.78, 5) is 6.83. The zero-order valence-electron chi connectivity index (χ0n) is 10.6. The Morgan fingerprint density at radius 3 is 2.95 bits per heavy atom. The molecule has 1 aromatic carbocycles. The highest BCUT2D eigenvalue weighted by atomic mass is 79.9. The summed E-state index contributed by atoms with van der Waals surface area (Å²) in [5, 5.41) is 10.7. The lowest BCUT2D eigenvalue weighted by atomic mass is 10.2. The van der Waals surface area contributed by atoms with E-state index in [0.717, 1.165) is 54.4 Å². The van der Waals surface area contributed by atoms with Crippen molar-refractivity contribution in [2.75, 3.05) is 31.1 Å². The molecule has 0 radical (unpaired) electrons. The topological polar surface area (TPSA) is 56.8 Å². The van der Waals surface area contributed by atoms with Crippen molar-refractivity contribution in [3.05, 3.63) is 28.7 Å². The summed E-state index contributed by atoms with van der Waals surface area (Å²) in [5.74, 6) is 1.59. The van der Waals surface area contributed by atoms with Crippen LogP contribution in [0.25, 0.3) is 11.4 Å². The molecular formula is C13H16BrN5. The maximum absolute atomic E-state index is 4.61. The van der Waals surface area contributed by atoms with Gasteiger partial charge in [-0.1, -0.05) is 34.1 Å². The van der Waals surface area contributed by atoms with Crippen molar-refractivity contribution in [1.29, 1.82) is 0 Å². The van der Waals surface area contributed by atoms with Crippen LogP contribution in [0.3, 0.4) is 0 Å². The molecule has 2 aromatic rings. The van der Waals surface area contributed by atoms with E-state index < -0.39 is 0 Å². The molecule has 0 spiro atoms. The van der Waals surface area contributed by atoms with Gasteiger partial charge < -0.3 is 10.2 Å². The van der Waals surface area contributed by atoms with Gasteiger partial charge in [0.1, 0.15) is 0 Å². The predicted octanol–water partition coefficient (Wildman–Crippen LogP) is 2.03. The lowest BCUT2D eigenvalue weighted by molar-refractivity contribution is 0.724. The van der Waals surface area contributed by atoms with E-state index in [1.54, 1.807) is 0 Å². The van der Waals surface area contributed by atoms with Gasteiger partial charge in [-0.15, -0.1) is 5.10 Å². The Balaban J connectivity index is 1.85. The molecular weight excluding hydrogens is 306 g/mol. The van der Waals surface area contributed by atoms with E-state index in [0.29, 0.717) is 0 Å². The number of rotatable bonds is 2. The fourth-order valence-corrected chi connectivity index (χ4v) is 2.69. The maximum Gasteiger partial charge on any atom is 0.245 e. The van der Waals surface area contributed by atoms with Gasteiger partial charge in [0.2, 0.25) is 5.95 Å². The SMILES string of the molecule is Brc1ccccc1-c1nc(N2CCCNCC2)n[nH]1. The third-order valence-corrected chi connectivity index (χ3v) is 3.92. The van der Waals surface area contributed by atoms with Crippen LogP contribution in [0.4, 0.5) is 5.95 Å². The molecule has 1 saturated heterocycles. The number of hydrogen-bond donors (Lipinski definition) is 2. The van der Waals surface area contributed by atoms with Crippen LogP contribution < -0.4 is 10.2 Å². The standard InChI is InChI=1S/C13H16BrN5/c14-11-5-2-1-4-10(11)12-16-13(18-17-12)19-8-3-6-15-7-9-19/h1-2,4-5,15H,3,6-9H2,(H,16,17,18). The molecule has 1 aromatic heterocycles. The number of hydrogen-bond acceptors (Lipinski definition) is 4. The van der Waals surface area contributed by atoms with E-state index in [9.17, 15) is 0 Å². The van der Waals surface area contributed by atoms with E-state index in [1.165, 1.54) is 0 Å². The first-order valence-electron chi connectivity index (χ1n) is 6.47. The Hall–Kier alpha value is -1.40. The van der Waals surface area contributed by atoms with Crippen LogP contribution in [0.15, 0.2) is 28.7 Å². The van der Waals surface area contributed by atoms with Crippen molar-refractivity contribution in [1.82, 2.24) is 20.5 Å². The highest BCUT2D eigenvalue weighted by Crippen LogP contribution is 2.26. The first-order valence-corrected chi connectivity index (χ1v) is 7.27. The summed E-state index contributed by atoms with van der Waals surface area (Å²) in [6.45, 7) is 4.00. The third-order valence-electron chi connectivity index (χ3n) is 3.23. The maximum atomic E-state index is 4.61. The number of H-pyrrole nitrogens is 1. The molecule has 0 amide bonds. The highest BCUT2D eigenvalue weighted by molar-refractivity contribution is 9.10. The third kappa shape index (κ3) is 2.79. The lowest BCUT2D eigenvalue weighted by Gasteiger charge is -2.16. The lowest BCUT2D eigenvalue weighted by Crippen LogP contribution is -2.28. The van der Waals surface area contributed by atoms with Crippen LogP contribution in [0, 0.1) is 0 Å². The van der Waals surface area contributed by atoms with Crippen molar-refractivity contribution >= 4 is 21.9 Å². The van der Waals surface area contributed by atoms with Crippen molar-refractivity contribution in [2.45, 2.75) is 6.42 Å². The molecule has 5 nitrogen and oxygen atoms in total. The summed E-state index contributed by atoms with van der Waals surface area (Å²) in [6.07, 6.45) is 1.12. The minimum atomic E-state index is 0.787. The largest absolute Gasteiger partial charge is 0.338 e. The molecule has 3 rings (SSSR count). The fraction of sp³-hybridized carbons (Fsp3) is 0.385. The highest BCUT2D eigenvalue weighted by Gasteiger charge is 2.15. The molecule has 100 valence electrons. The monoisotopic (exact) mass is 321 g/mol. The summed E-state index contributed by atoms with van der Waals surface area (Å²) >= 11 is 3.54. The average molecular weight is 322 g/mol. The van der Waals surface area contributed by atoms with E-state index in [4.69, 9.17) is 0 Å². The van der Waals surface area contributed by atoms with Gasteiger partial charge in [0.15, 0.2) is 5.82 Å². The van der Waals surface area contributed by atoms with Gasteiger partial charge in [-0.25, -0.2) is 0 Å². The minimum Gasteiger partial charge on any atom is -0.338 e. The normalized spacial score (nSPS) is 16.4. The second kappa shape index (κ2) is 5.71. The first kappa shape index (κ1) is 12.6. The van der Waals surface area contributed by atoms with Gasteiger partial charge >= 0.3 is 0 Å². The number of anilines is 1. The number of nitrogens with zero attached hydrogens (tertiary/aromatic N) is 3. The minimum absolute atomic E-state index is 0.787. The van der Waals surface area contributed by atoms with Gasteiger partial charge in [0, 0.05) is 29.7 Å². The van der Waals surface area contributed by atoms with Crippen LogP contribution in [0.5, 0.6) is 0 Å². The van der Waals surface area contributed by atoms with E-state index in [2.05, 4.69) is 41.3 Å². The first-order chi connectivity index (χ1) is 9.34. The number of benzene rings is 1. The Kier molecular flexibility index (Phi) is 3.79. The number of halogens is 1. The summed E-state index contributed by atoms with van der Waals surface area (Å²) in [7, 11) is 0. The van der Waals surface area contributed by atoms with Gasteiger partial charge in [-0.3, -0.25) is 5.10 Å². The van der Waals surface area contributed by atoms with Crippen LogP contribution in [0.2, 0.25) is 0 Å². The Morgan fingerprint density at radius 1 is 1.16 bits per heavy atom. The molecule has 6 heteroatoms. The Labute approximate surface area is 120 Å². The Bertz CT molecular complexity index is 545. The van der Waals surface area contributed by atoms with Crippen LogP contribution in [-0.4, -0.2) is 41.4 Å². The number of nitrogens with one attached hydrogen (secondary N) is 2. The van der Waals surface area contributed by atoms with Crippen molar-refractivity contribution in [3.63, 3.8) is 0 Å². The second-order valence-electron chi connectivity index (χ2n) is 4.55. The van der Waals surface area contributed by atoms with Crippen LogP contribution >= 0.6 is 15.9 Å². The van der Waals surface area contributed by atoms with Gasteiger partial charge in [-0.05, 0) is 19.0 Å². The smallest absolute Gasteiger partial charge is 0.245 e. The number of aromatic amines is 1. The predicted molar refractivity (Wildman–Crippen MR) is 79.2 cm³/mol. The molecule has 2 N–H and O–H groups in total. The number of aromatic nitrogens is 3. The quantitative estimate of drug-likeness (QED) is 0.888. The summed E-state index contributed by atoms with van der Waals surface area (Å²) in [6, 6.07) is 8.02. The van der Waals surface area contributed by atoms with Crippen LogP contribution in [-0.2, 0) is 0 Å². The van der Waals surface area contributed by atoms with Crippen molar-refractivity contribution in [2.24, 2.45) is 0 Å². The second-order valence-corrected chi connectivity index (χ2v) is 5.41. The van der Waals surface area contributed by atoms with Gasteiger partial charge in [-0.2, -0.15) is 4.98 Å². The van der Waals surface area contributed by atoms with Crippen molar-refractivity contribution < 1.29 is 0 Å². The zero-order valence-corrected chi connectivity index (χ0v) is 12.2. The molecule has 19 heavy (non-hydrogen) atoms. The molecule has 1 aliphatic heterocycles. The molecule has 0 unspecified atom stereocenters. The van der Waals surface area contributed by atoms with E-state index in [-0.39, 0.29) is 0 Å². The van der Waals surface area contributed by atoms with E-state index >= 15 is 0 Å². The zero-order chi connectivity index (χ0) is 13.1.